The highest BCUT2D eigenvalue weighted by molar-refractivity contribution is 6.12. The number of aliphatic hydroxyl groups excluding tert-OH is 4. The van der Waals surface area contributed by atoms with Crippen LogP contribution in [0.4, 0.5) is 17.1 Å². The van der Waals surface area contributed by atoms with E-state index in [4.69, 9.17) is 14.2 Å². The molecule has 6 N–H and O–H groups in total. The molecular weight excluding hydrogens is 596 g/mol. The van der Waals surface area contributed by atoms with Gasteiger partial charge in [-0.3, -0.25) is 9.59 Å². The Morgan fingerprint density at radius 3 is 2.37 bits per heavy atom. The van der Waals surface area contributed by atoms with Crippen molar-refractivity contribution in [3.05, 3.63) is 77.9 Å². The first kappa shape index (κ1) is 33.1. The number of carbonyl (C=O) groups excluding carboxylic acids is 2. The molecule has 2 heterocycles. The van der Waals surface area contributed by atoms with Crippen LogP contribution in [0.1, 0.15) is 27.1 Å². The number of anilines is 3. The number of methoxy groups -OCH3 is 1. The van der Waals surface area contributed by atoms with Crippen LogP contribution < -0.4 is 25.0 Å². The van der Waals surface area contributed by atoms with E-state index in [9.17, 15) is 30.0 Å². The van der Waals surface area contributed by atoms with Gasteiger partial charge in [0.25, 0.3) is 11.8 Å². The van der Waals surface area contributed by atoms with E-state index < -0.39 is 49.1 Å². The Morgan fingerprint density at radius 1 is 0.870 bits per heavy atom. The maximum Gasteiger partial charge on any atom is 0.257 e. The van der Waals surface area contributed by atoms with Crippen molar-refractivity contribution in [1.29, 1.82) is 0 Å². The minimum Gasteiger partial charge on any atom is -0.497 e. The molecule has 13 heteroatoms. The Kier molecular flexibility index (Phi) is 10.7. The SMILES string of the molecule is COc1ccc(C(=O)Nc2cccc(O[C@@H]3O[C@H](CO)[C@@H](O)[C@H](O)[C@H]3O)c2NC(=O)c2ccccc2N2CCCN(C)CC2)cc1. The molecule has 3 aromatic rings. The van der Waals surface area contributed by atoms with Gasteiger partial charge in [0.1, 0.15) is 41.6 Å². The Balaban J connectivity index is 1.48. The molecule has 0 aromatic heterocycles. The van der Waals surface area contributed by atoms with Crippen molar-refractivity contribution in [2.24, 2.45) is 0 Å². The molecule has 0 radical (unpaired) electrons. The normalized spacial score (nSPS) is 23.7. The lowest BCUT2D eigenvalue weighted by atomic mass is 9.99. The molecule has 5 rings (SSSR count). The summed E-state index contributed by atoms with van der Waals surface area (Å²) in [7, 11) is 3.59. The molecule has 0 unspecified atom stereocenters. The molecule has 3 aromatic carbocycles. The van der Waals surface area contributed by atoms with E-state index in [-0.39, 0.29) is 17.1 Å². The number of benzene rings is 3. The van der Waals surface area contributed by atoms with Gasteiger partial charge in [-0.05, 0) is 68.5 Å². The predicted octanol–water partition coefficient (Wildman–Crippen LogP) is 1.52. The van der Waals surface area contributed by atoms with Crippen molar-refractivity contribution in [3.8, 4) is 11.5 Å². The molecule has 13 nitrogen and oxygen atoms in total. The highest BCUT2D eigenvalue weighted by Gasteiger charge is 2.45. The van der Waals surface area contributed by atoms with Crippen LogP contribution in [0.3, 0.4) is 0 Å². The van der Waals surface area contributed by atoms with Crippen LogP contribution in [0.5, 0.6) is 11.5 Å². The molecule has 2 saturated heterocycles. The van der Waals surface area contributed by atoms with Crippen LogP contribution in [0.25, 0.3) is 0 Å². The first-order valence-electron chi connectivity index (χ1n) is 15.1. The van der Waals surface area contributed by atoms with Gasteiger partial charge in [0.2, 0.25) is 6.29 Å². The lowest BCUT2D eigenvalue weighted by Crippen LogP contribution is -2.60. The van der Waals surface area contributed by atoms with Crippen molar-refractivity contribution in [1.82, 2.24) is 4.90 Å². The van der Waals surface area contributed by atoms with E-state index in [1.54, 1.807) is 48.5 Å². The molecule has 0 spiro atoms. The number of ether oxygens (including phenoxy) is 3. The third-order valence-electron chi connectivity index (χ3n) is 8.17. The van der Waals surface area contributed by atoms with Crippen molar-refractivity contribution in [2.75, 3.05) is 62.5 Å². The second-order valence-electron chi connectivity index (χ2n) is 11.3. The number of amides is 2. The van der Waals surface area contributed by atoms with Gasteiger partial charge >= 0.3 is 0 Å². The molecule has 46 heavy (non-hydrogen) atoms. The van der Waals surface area contributed by atoms with Gasteiger partial charge in [-0.2, -0.15) is 0 Å². The number of likely N-dealkylation sites (N-methyl/N-ethyl adjacent to an activating group) is 1. The third kappa shape index (κ3) is 7.41. The van der Waals surface area contributed by atoms with E-state index >= 15 is 0 Å². The molecule has 2 aliphatic heterocycles. The number of rotatable bonds is 9. The Hall–Kier alpha value is -4.24. The molecule has 2 amide bonds. The Morgan fingerprint density at radius 2 is 1.63 bits per heavy atom. The average molecular weight is 637 g/mol. The van der Waals surface area contributed by atoms with Gasteiger partial charge in [0.05, 0.1) is 25.0 Å². The zero-order chi connectivity index (χ0) is 32.8. The summed E-state index contributed by atoms with van der Waals surface area (Å²) in [5, 5.41) is 46.5. The molecular formula is C33H40N4O9. The summed E-state index contributed by atoms with van der Waals surface area (Å²) in [4.78, 5) is 31.7. The fourth-order valence-electron chi connectivity index (χ4n) is 5.50. The second kappa shape index (κ2) is 14.9. The third-order valence-corrected chi connectivity index (χ3v) is 8.17. The molecule has 2 aliphatic rings. The van der Waals surface area contributed by atoms with Crippen molar-refractivity contribution in [3.63, 3.8) is 0 Å². The van der Waals surface area contributed by atoms with E-state index in [1.165, 1.54) is 13.2 Å². The van der Waals surface area contributed by atoms with E-state index in [0.29, 0.717) is 16.9 Å². The van der Waals surface area contributed by atoms with Crippen LogP contribution in [0.15, 0.2) is 66.7 Å². The van der Waals surface area contributed by atoms with Gasteiger partial charge < -0.3 is 55.1 Å². The summed E-state index contributed by atoms with van der Waals surface area (Å²) in [6, 6.07) is 18.4. The highest BCUT2D eigenvalue weighted by Crippen LogP contribution is 2.37. The largest absolute Gasteiger partial charge is 0.497 e. The lowest BCUT2D eigenvalue weighted by molar-refractivity contribution is -0.277. The lowest BCUT2D eigenvalue weighted by Gasteiger charge is -2.39. The first-order chi connectivity index (χ1) is 22.2. The van der Waals surface area contributed by atoms with Crippen LogP contribution in [0, 0.1) is 0 Å². The van der Waals surface area contributed by atoms with Crippen molar-refractivity contribution in [2.45, 2.75) is 37.1 Å². The number of aliphatic hydroxyl groups is 4. The van der Waals surface area contributed by atoms with E-state index in [1.807, 2.05) is 12.1 Å². The van der Waals surface area contributed by atoms with E-state index in [2.05, 4.69) is 27.5 Å². The molecule has 5 atom stereocenters. The summed E-state index contributed by atoms with van der Waals surface area (Å²) in [6.45, 7) is 2.66. The quantitative estimate of drug-likeness (QED) is 0.201. The minimum absolute atomic E-state index is 0.000844. The van der Waals surface area contributed by atoms with Crippen LogP contribution in [-0.4, -0.2) is 115 Å². The van der Waals surface area contributed by atoms with Gasteiger partial charge in [-0.1, -0.05) is 18.2 Å². The fourth-order valence-corrected chi connectivity index (χ4v) is 5.50. The topological polar surface area (TPSA) is 173 Å². The smallest absolute Gasteiger partial charge is 0.257 e. The molecule has 0 aliphatic carbocycles. The number of hydrogen-bond donors (Lipinski definition) is 6. The first-order valence-corrected chi connectivity index (χ1v) is 15.1. The Bertz CT molecular complexity index is 1500. The van der Waals surface area contributed by atoms with Crippen molar-refractivity contribution < 1.29 is 44.2 Å². The summed E-state index contributed by atoms with van der Waals surface area (Å²) in [5.74, 6) is -0.372. The summed E-state index contributed by atoms with van der Waals surface area (Å²) < 4.78 is 16.7. The number of nitrogens with one attached hydrogen (secondary N) is 2. The maximum atomic E-state index is 14.0. The molecule has 246 valence electrons. The molecule has 0 saturated carbocycles. The zero-order valence-electron chi connectivity index (χ0n) is 25.7. The van der Waals surface area contributed by atoms with Gasteiger partial charge in [-0.15, -0.1) is 0 Å². The predicted molar refractivity (Wildman–Crippen MR) is 171 cm³/mol. The second-order valence-corrected chi connectivity index (χ2v) is 11.3. The molecule has 2 fully saturated rings. The summed E-state index contributed by atoms with van der Waals surface area (Å²) >= 11 is 0. The molecule has 0 bridgehead atoms. The number of carbonyl (C=O) groups is 2. The Labute approximate surface area is 266 Å². The monoisotopic (exact) mass is 636 g/mol. The fraction of sp³-hybridized carbons (Fsp3) is 0.394. The minimum atomic E-state index is -1.69. The standard InChI is InChI=1S/C33H40N4O9/c1-36-15-6-16-37(18-17-36)24-9-4-3-7-22(24)32(43)35-27-23(34-31(42)20-11-13-21(44-2)14-12-20)8-5-10-25(27)45-33-30(41)29(40)28(39)26(19-38)46-33/h3-5,7-14,26,28-30,33,38-41H,6,15-19H2,1-2H3,(H,34,42)(H,35,43)/t26-,28-,29+,30-,33-/m1/s1. The van der Waals surface area contributed by atoms with Crippen LogP contribution >= 0.6 is 0 Å². The van der Waals surface area contributed by atoms with Gasteiger partial charge in [0.15, 0.2) is 0 Å². The number of nitrogens with zero attached hydrogens (tertiary/aromatic N) is 2. The average Bonchev–Trinajstić information content (AvgIpc) is 3.30. The van der Waals surface area contributed by atoms with Crippen molar-refractivity contribution >= 4 is 28.9 Å². The van der Waals surface area contributed by atoms with Crippen LogP contribution in [-0.2, 0) is 4.74 Å². The number of hydrogen-bond acceptors (Lipinski definition) is 11. The van der Waals surface area contributed by atoms with Crippen LogP contribution in [0.2, 0.25) is 0 Å². The number of para-hydroxylation sites is 2. The summed E-state index contributed by atoms with van der Waals surface area (Å²) in [6.07, 6.45) is -6.75. The highest BCUT2D eigenvalue weighted by atomic mass is 16.7. The van der Waals surface area contributed by atoms with Gasteiger partial charge in [-0.25, -0.2) is 0 Å². The van der Waals surface area contributed by atoms with E-state index in [0.717, 1.165) is 38.3 Å². The zero-order valence-corrected chi connectivity index (χ0v) is 25.7. The maximum absolute atomic E-state index is 14.0. The summed E-state index contributed by atoms with van der Waals surface area (Å²) in [5.41, 5.74) is 1.74. The van der Waals surface area contributed by atoms with Gasteiger partial charge in [0, 0.05) is 30.9 Å².